The first-order valence-electron chi connectivity index (χ1n) is 8.05. The van der Waals surface area contributed by atoms with Crippen LogP contribution in [0.1, 0.15) is 21.6 Å². The van der Waals surface area contributed by atoms with Crippen molar-refractivity contribution in [1.29, 1.82) is 5.26 Å². The van der Waals surface area contributed by atoms with Crippen molar-refractivity contribution in [3.63, 3.8) is 0 Å². The molecule has 0 radical (unpaired) electrons. The van der Waals surface area contributed by atoms with Gasteiger partial charge in [0, 0.05) is 31.3 Å². The van der Waals surface area contributed by atoms with Gasteiger partial charge in [0.05, 0.1) is 12.0 Å². The number of nitriles is 1. The monoisotopic (exact) mass is 376 g/mol. The minimum absolute atomic E-state index is 0.102. The minimum Gasteiger partial charge on any atom is -0.439 e. The Morgan fingerprint density at radius 2 is 2.07 bits per heavy atom. The lowest BCUT2D eigenvalue weighted by Crippen LogP contribution is -2.49. The first-order valence-corrected chi connectivity index (χ1v) is 8.05. The molecule has 1 saturated heterocycles. The van der Waals surface area contributed by atoms with E-state index >= 15 is 0 Å². The van der Waals surface area contributed by atoms with Crippen molar-refractivity contribution in [2.75, 3.05) is 13.1 Å². The van der Waals surface area contributed by atoms with Gasteiger partial charge in [-0.15, -0.1) is 0 Å². The number of ether oxygens (including phenoxy) is 1. The van der Waals surface area contributed by atoms with Gasteiger partial charge < -0.3 is 15.4 Å². The Kier molecular flexibility index (Phi) is 5.01. The van der Waals surface area contributed by atoms with Crippen molar-refractivity contribution < 1.29 is 22.7 Å². The summed E-state index contributed by atoms with van der Waals surface area (Å²) < 4.78 is 44.3. The Bertz CT molecular complexity index is 902. The van der Waals surface area contributed by atoms with Crippen molar-refractivity contribution in [1.82, 2.24) is 9.88 Å². The number of aromatic nitrogens is 1. The highest BCUT2D eigenvalue weighted by atomic mass is 19.4. The maximum absolute atomic E-state index is 13.0. The highest BCUT2D eigenvalue weighted by Crippen LogP contribution is 2.31. The van der Waals surface area contributed by atoms with Gasteiger partial charge in [-0.1, -0.05) is 6.07 Å². The quantitative estimate of drug-likeness (QED) is 0.886. The maximum atomic E-state index is 13.0. The van der Waals surface area contributed by atoms with E-state index in [1.54, 1.807) is 12.1 Å². The van der Waals surface area contributed by atoms with E-state index in [4.69, 9.17) is 15.7 Å². The molecule has 9 heteroatoms. The zero-order valence-corrected chi connectivity index (χ0v) is 14.0. The van der Waals surface area contributed by atoms with Gasteiger partial charge in [0.25, 0.3) is 5.91 Å². The third kappa shape index (κ3) is 4.17. The van der Waals surface area contributed by atoms with Crippen molar-refractivity contribution in [2.45, 2.75) is 12.7 Å². The molecule has 3 rings (SSSR count). The molecule has 1 amide bonds. The number of alkyl halides is 3. The van der Waals surface area contributed by atoms with Gasteiger partial charge in [-0.3, -0.25) is 4.79 Å². The number of likely N-dealkylation sites (tertiary alicyclic amines) is 1. The van der Waals surface area contributed by atoms with E-state index in [-0.39, 0.29) is 35.6 Å². The minimum atomic E-state index is -4.63. The fraction of sp³-hybridized carbons (Fsp3) is 0.278. The molecule has 140 valence electrons. The van der Waals surface area contributed by atoms with Gasteiger partial charge in [-0.2, -0.15) is 18.4 Å². The summed E-state index contributed by atoms with van der Waals surface area (Å²) in [6.45, 7) is 0.612. The van der Waals surface area contributed by atoms with Crippen LogP contribution in [0.3, 0.4) is 0 Å². The number of nitrogens with two attached hydrogens (primary N) is 1. The summed E-state index contributed by atoms with van der Waals surface area (Å²) >= 11 is 0. The van der Waals surface area contributed by atoms with E-state index < -0.39 is 11.9 Å². The van der Waals surface area contributed by atoms with Gasteiger partial charge in [0.15, 0.2) is 0 Å². The molecule has 0 bridgehead atoms. The largest absolute Gasteiger partial charge is 0.439 e. The number of carbonyl (C=O) groups is 1. The van der Waals surface area contributed by atoms with Crippen molar-refractivity contribution in [2.24, 2.45) is 11.7 Å². The van der Waals surface area contributed by atoms with Crippen LogP contribution in [0.4, 0.5) is 13.2 Å². The molecule has 0 saturated carbocycles. The number of hydrogen-bond acceptors (Lipinski definition) is 5. The summed E-state index contributed by atoms with van der Waals surface area (Å²) in [5.74, 6) is -0.527. The van der Waals surface area contributed by atoms with Crippen LogP contribution in [-0.4, -0.2) is 28.9 Å². The molecular weight excluding hydrogens is 361 g/mol. The van der Waals surface area contributed by atoms with Gasteiger partial charge in [0.2, 0.25) is 5.88 Å². The smallest absolute Gasteiger partial charge is 0.433 e. The van der Waals surface area contributed by atoms with Crippen LogP contribution in [0, 0.1) is 17.2 Å². The molecule has 1 aromatic heterocycles. The van der Waals surface area contributed by atoms with E-state index in [0.717, 1.165) is 6.07 Å². The molecule has 1 aromatic carbocycles. The van der Waals surface area contributed by atoms with E-state index in [2.05, 4.69) is 11.1 Å². The number of hydrogen-bond donors (Lipinski definition) is 1. The lowest BCUT2D eigenvalue weighted by atomic mass is 10.0. The van der Waals surface area contributed by atoms with Crippen molar-refractivity contribution >= 4 is 5.91 Å². The molecule has 2 aromatic rings. The molecule has 1 fully saturated rings. The second-order valence-corrected chi connectivity index (χ2v) is 6.07. The van der Waals surface area contributed by atoms with E-state index in [0.29, 0.717) is 18.7 Å². The predicted octanol–water partition coefficient (Wildman–Crippen LogP) is 2.95. The van der Waals surface area contributed by atoms with Crippen LogP contribution in [-0.2, 0) is 12.7 Å². The predicted molar refractivity (Wildman–Crippen MR) is 88.7 cm³/mol. The highest BCUT2D eigenvalue weighted by molar-refractivity contribution is 5.95. The molecule has 27 heavy (non-hydrogen) atoms. The van der Waals surface area contributed by atoms with Crippen LogP contribution >= 0.6 is 0 Å². The van der Waals surface area contributed by atoms with E-state index in [9.17, 15) is 18.0 Å². The average Bonchev–Trinajstić information content (AvgIpc) is 2.60. The summed E-state index contributed by atoms with van der Waals surface area (Å²) in [6.07, 6.45) is -4.63. The number of carbonyl (C=O) groups excluding carboxylic acids is 1. The van der Waals surface area contributed by atoms with Crippen LogP contribution < -0.4 is 10.5 Å². The third-order valence-electron chi connectivity index (χ3n) is 4.04. The SMILES string of the molecule is N#CC1CN(C(=O)c2cccc(Oc3cc(CN)cc(C(F)(F)F)n3)c2)C1. The first-order chi connectivity index (χ1) is 12.8. The standard InChI is InChI=1S/C18H15F3N4O2/c19-18(20,21)15-4-11(7-22)5-16(24-15)27-14-3-1-2-13(6-14)17(26)25-9-12(8-23)10-25/h1-6,12H,7,9-10,22H2. The average molecular weight is 376 g/mol. The second-order valence-electron chi connectivity index (χ2n) is 6.07. The fourth-order valence-electron chi connectivity index (χ4n) is 2.60. The second kappa shape index (κ2) is 7.25. The maximum Gasteiger partial charge on any atom is 0.433 e. The van der Waals surface area contributed by atoms with Gasteiger partial charge >= 0.3 is 6.18 Å². The lowest BCUT2D eigenvalue weighted by molar-refractivity contribution is -0.141. The summed E-state index contributed by atoms with van der Waals surface area (Å²) in [7, 11) is 0. The molecule has 2 N–H and O–H groups in total. The fourth-order valence-corrected chi connectivity index (χ4v) is 2.60. The topological polar surface area (TPSA) is 92.2 Å². The number of benzene rings is 1. The number of halogens is 3. The van der Waals surface area contributed by atoms with Crippen LogP contribution in [0.15, 0.2) is 36.4 Å². The van der Waals surface area contributed by atoms with Crippen LogP contribution in [0.2, 0.25) is 0 Å². The zero-order valence-electron chi connectivity index (χ0n) is 14.0. The molecule has 1 aliphatic heterocycles. The molecule has 6 nitrogen and oxygen atoms in total. The van der Waals surface area contributed by atoms with E-state index in [1.165, 1.54) is 23.1 Å². The Labute approximate surface area is 153 Å². The molecule has 2 heterocycles. The molecule has 0 aliphatic carbocycles. The van der Waals surface area contributed by atoms with Gasteiger partial charge in [-0.05, 0) is 29.8 Å². The molecule has 0 unspecified atom stereocenters. The van der Waals surface area contributed by atoms with E-state index in [1.807, 2.05) is 0 Å². The molecule has 1 aliphatic rings. The zero-order chi connectivity index (χ0) is 19.6. The van der Waals surface area contributed by atoms with Crippen molar-refractivity contribution in [3.05, 3.63) is 53.2 Å². The first kappa shape index (κ1) is 18.7. The number of rotatable bonds is 4. The normalized spacial score (nSPS) is 14.4. The number of pyridine rings is 1. The summed E-state index contributed by atoms with van der Waals surface area (Å²) in [5, 5.41) is 8.78. The molecule has 0 spiro atoms. The summed E-state index contributed by atoms with van der Waals surface area (Å²) in [4.78, 5) is 17.3. The number of nitrogens with zero attached hydrogens (tertiary/aromatic N) is 3. The number of amides is 1. The van der Waals surface area contributed by atoms with Gasteiger partial charge in [0.1, 0.15) is 11.4 Å². The Hall–Kier alpha value is -3.12. The summed E-state index contributed by atoms with van der Waals surface area (Å²) in [6, 6.07) is 10.3. The van der Waals surface area contributed by atoms with Crippen LogP contribution in [0.25, 0.3) is 0 Å². The van der Waals surface area contributed by atoms with Gasteiger partial charge in [-0.25, -0.2) is 4.98 Å². The summed E-state index contributed by atoms with van der Waals surface area (Å²) in [5.41, 5.74) is 4.88. The Balaban J connectivity index is 1.81. The molecule has 0 atom stereocenters. The highest BCUT2D eigenvalue weighted by Gasteiger charge is 2.34. The Morgan fingerprint density at radius 1 is 1.33 bits per heavy atom. The van der Waals surface area contributed by atoms with Crippen LogP contribution in [0.5, 0.6) is 11.6 Å². The Morgan fingerprint density at radius 3 is 2.70 bits per heavy atom. The lowest BCUT2D eigenvalue weighted by Gasteiger charge is -2.35. The molecular formula is C18H15F3N4O2. The third-order valence-corrected chi connectivity index (χ3v) is 4.04. The van der Waals surface area contributed by atoms with Crippen molar-refractivity contribution in [3.8, 4) is 17.7 Å².